The summed E-state index contributed by atoms with van der Waals surface area (Å²) < 4.78 is 27.8. The summed E-state index contributed by atoms with van der Waals surface area (Å²) in [6.45, 7) is 2.34. The molecule has 49 heavy (non-hydrogen) atoms. The quantitative estimate of drug-likeness (QED) is 0.107. The number of carbonyl (C=O) groups excluding carboxylic acids is 1. The van der Waals surface area contributed by atoms with Gasteiger partial charge in [-0.3, -0.25) is 9.36 Å². The Hall–Kier alpha value is -3.47. The molecule has 5 aromatic rings. The number of methoxy groups -OCH3 is 2. The van der Waals surface area contributed by atoms with Crippen LogP contribution >= 0.6 is 72.4 Å². The van der Waals surface area contributed by atoms with Crippen molar-refractivity contribution in [1.82, 2.24) is 4.57 Å². The Bertz CT molecular complexity index is 2230. The van der Waals surface area contributed by atoms with E-state index in [1.165, 1.54) is 11.3 Å². The second-order valence-electron chi connectivity index (χ2n) is 10.8. The van der Waals surface area contributed by atoms with E-state index in [4.69, 9.17) is 23.9 Å². The molecule has 0 N–H and O–H groups in total. The lowest BCUT2D eigenvalue weighted by atomic mass is 9.93. The average Bonchev–Trinajstić information content (AvgIpc) is 3.41. The predicted molar refractivity (Wildman–Crippen MR) is 211 cm³/mol. The summed E-state index contributed by atoms with van der Waals surface area (Å²) in [5.41, 5.74) is 3.70. The number of carbonyl (C=O) groups is 1. The number of esters is 1. The van der Waals surface area contributed by atoms with Gasteiger partial charge in [0.15, 0.2) is 16.3 Å². The number of benzene rings is 4. The molecule has 0 radical (unpaired) electrons. The molecule has 8 nitrogen and oxygen atoms in total. The van der Waals surface area contributed by atoms with Gasteiger partial charge in [0.2, 0.25) is 0 Å². The van der Waals surface area contributed by atoms with Gasteiger partial charge < -0.3 is 18.9 Å². The molecule has 0 spiro atoms. The van der Waals surface area contributed by atoms with Gasteiger partial charge in [0.25, 0.3) is 5.56 Å². The van der Waals surface area contributed by atoms with Crippen molar-refractivity contribution in [3.8, 4) is 17.2 Å². The maximum atomic E-state index is 14.4. The summed E-state index contributed by atoms with van der Waals surface area (Å²) >= 11 is 9.26. The van der Waals surface area contributed by atoms with Crippen LogP contribution in [0.4, 0.5) is 0 Å². The Morgan fingerprint density at radius 2 is 1.65 bits per heavy atom. The van der Waals surface area contributed by atoms with Crippen LogP contribution in [0.2, 0.25) is 0 Å². The van der Waals surface area contributed by atoms with Crippen molar-refractivity contribution >= 4 is 90.2 Å². The summed E-state index contributed by atoms with van der Waals surface area (Å²) in [4.78, 5) is 33.6. The largest absolute Gasteiger partial charge is 0.493 e. The zero-order chi connectivity index (χ0) is 34.7. The summed E-state index contributed by atoms with van der Waals surface area (Å²) in [6.07, 6.45) is 1.86. The van der Waals surface area contributed by atoms with Gasteiger partial charge >= 0.3 is 5.97 Å². The van der Waals surface area contributed by atoms with Gasteiger partial charge in [0.05, 0.1) is 49.8 Å². The second-order valence-corrected chi connectivity index (χ2v) is 15.0. The Labute approximate surface area is 322 Å². The van der Waals surface area contributed by atoms with Crippen molar-refractivity contribution < 1.29 is 23.7 Å². The Balaban J connectivity index is 1.50. The van der Waals surface area contributed by atoms with Gasteiger partial charge in [-0.15, -0.1) is 0 Å². The van der Waals surface area contributed by atoms with Crippen molar-refractivity contribution in [3.05, 3.63) is 144 Å². The third-order valence-corrected chi connectivity index (χ3v) is 10.8. The zero-order valence-electron chi connectivity index (χ0n) is 26.5. The van der Waals surface area contributed by atoms with Gasteiger partial charge in [-0.25, -0.2) is 9.79 Å². The van der Waals surface area contributed by atoms with Crippen molar-refractivity contribution in [1.29, 1.82) is 0 Å². The molecule has 0 saturated carbocycles. The smallest absolute Gasteiger partial charge is 0.338 e. The molecule has 6 rings (SSSR count). The van der Waals surface area contributed by atoms with E-state index in [-0.39, 0.29) is 17.7 Å². The van der Waals surface area contributed by atoms with Crippen LogP contribution in [0.1, 0.15) is 35.2 Å². The second kappa shape index (κ2) is 15.6. The molecular weight excluding hydrogens is 934 g/mol. The average molecular weight is 963 g/mol. The summed E-state index contributed by atoms with van der Waals surface area (Å²) in [5.74, 6) is 1.22. The zero-order valence-corrected chi connectivity index (χ0v) is 33.3. The molecule has 2 heterocycles. The van der Waals surface area contributed by atoms with Crippen LogP contribution < -0.4 is 29.1 Å². The summed E-state index contributed by atoms with van der Waals surface area (Å²) in [5, 5.41) is 0. The highest BCUT2D eigenvalue weighted by molar-refractivity contribution is 14.1. The first-order valence-corrected chi connectivity index (χ1v) is 18.9. The highest BCUT2D eigenvalue weighted by atomic mass is 127. The molecule has 0 unspecified atom stereocenters. The number of ether oxygens (including phenoxy) is 4. The van der Waals surface area contributed by atoms with Crippen LogP contribution in [0, 0.1) is 7.14 Å². The molecule has 250 valence electrons. The Kier molecular flexibility index (Phi) is 11.3. The monoisotopic (exact) mass is 962 g/mol. The number of hydrogen-bond donors (Lipinski definition) is 0. The van der Waals surface area contributed by atoms with Crippen LogP contribution in [0.15, 0.2) is 105 Å². The minimum Gasteiger partial charge on any atom is -0.493 e. The molecule has 12 heteroatoms. The van der Waals surface area contributed by atoms with E-state index < -0.39 is 12.0 Å². The standard InChI is InChI=1S/C37H29BrI2N2O6S/c1-4-47-36(44)31-32(23-8-6-5-7-9-23)41-37-42(33(31)24-12-15-28(45-2)29(19-24)46-3)35(43)30(49-37)18-22-16-26(39)34(27(40)17-22)48-20-21-10-13-25(38)14-11-21/h5-19,33H,4,20H2,1-3H3/b30-18-/t33-/m0/s1. The van der Waals surface area contributed by atoms with Gasteiger partial charge in [0, 0.05) is 10.0 Å². The van der Waals surface area contributed by atoms with E-state index in [1.807, 2.05) is 78.9 Å². The lowest BCUT2D eigenvalue weighted by Gasteiger charge is -2.26. The fraction of sp³-hybridized carbons (Fsp3) is 0.162. The number of nitrogens with zero attached hydrogens (tertiary/aromatic N) is 2. The molecule has 0 fully saturated rings. The van der Waals surface area contributed by atoms with Gasteiger partial charge in [-0.2, -0.15) is 0 Å². The molecular formula is C37H29BrI2N2O6S. The number of fused-ring (bicyclic) bond motifs is 1. The van der Waals surface area contributed by atoms with E-state index in [0.29, 0.717) is 38.7 Å². The van der Waals surface area contributed by atoms with Crippen LogP contribution in [-0.2, 0) is 16.1 Å². The molecule has 0 saturated heterocycles. The van der Waals surface area contributed by atoms with Crippen LogP contribution in [0.3, 0.4) is 0 Å². The first-order chi connectivity index (χ1) is 23.7. The molecule has 0 aliphatic carbocycles. The normalized spacial score (nSPS) is 14.2. The van der Waals surface area contributed by atoms with Gasteiger partial charge in [0.1, 0.15) is 12.4 Å². The summed E-state index contributed by atoms with van der Waals surface area (Å²) in [7, 11) is 3.10. The van der Waals surface area contributed by atoms with E-state index in [1.54, 1.807) is 37.8 Å². The SMILES string of the molecule is CCOC(=O)C1=C(c2ccccc2)N=c2s/c(=C\c3cc(I)c(OCc4ccc(Br)cc4)c(I)c3)c(=O)n2[C@H]1c1ccc(OC)c(OC)c1. The third-order valence-electron chi connectivity index (χ3n) is 7.71. The minimum atomic E-state index is -0.845. The summed E-state index contributed by atoms with van der Waals surface area (Å²) in [6, 6.07) is 26.0. The maximum absolute atomic E-state index is 14.4. The number of halogens is 3. The van der Waals surface area contributed by atoms with Crippen molar-refractivity contribution in [2.24, 2.45) is 4.99 Å². The number of hydrogen-bond acceptors (Lipinski definition) is 8. The fourth-order valence-electron chi connectivity index (χ4n) is 5.47. The van der Waals surface area contributed by atoms with Gasteiger partial charge in [-0.05, 0) is 111 Å². The van der Waals surface area contributed by atoms with Crippen LogP contribution in [0.5, 0.6) is 17.2 Å². The number of aromatic nitrogens is 1. The number of rotatable bonds is 10. The lowest BCUT2D eigenvalue weighted by Crippen LogP contribution is -2.40. The molecule has 1 aliphatic rings. The van der Waals surface area contributed by atoms with E-state index in [2.05, 4.69) is 61.1 Å². The predicted octanol–water partition coefficient (Wildman–Crippen LogP) is 7.50. The topological polar surface area (TPSA) is 88.4 Å². The Morgan fingerprint density at radius 3 is 2.31 bits per heavy atom. The van der Waals surface area contributed by atoms with E-state index in [0.717, 1.165) is 34.1 Å². The van der Waals surface area contributed by atoms with Crippen LogP contribution in [-0.4, -0.2) is 31.4 Å². The van der Waals surface area contributed by atoms with Crippen molar-refractivity contribution in [2.75, 3.05) is 20.8 Å². The molecule has 0 bridgehead atoms. The van der Waals surface area contributed by atoms with Gasteiger partial charge in [-0.1, -0.05) is 75.8 Å². The third kappa shape index (κ3) is 7.51. The molecule has 1 aliphatic heterocycles. The van der Waals surface area contributed by atoms with Crippen LogP contribution in [0.25, 0.3) is 11.8 Å². The highest BCUT2D eigenvalue weighted by Crippen LogP contribution is 2.38. The first-order valence-electron chi connectivity index (χ1n) is 15.1. The van der Waals surface area contributed by atoms with Crippen molar-refractivity contribution in [3.63, 3.8) is 0 Å². The molecule has 4 aromatic carbocycles. The molecule has 1 atom stereocenters. The molecule has 1 aromatic heterocycles. The first kappa shape index (κ1) is 35.4. The lowest BCUT2D eigenvalue weighted by molar-refractivity contribution is -0.138. The number of thiazole rings is 1. The fourth-order valence-corrected chi connectivity index (χ4v) is 8.86. The minimum absolute atomic E-state index is 0.160. The molecule has 0 amide bonds. The maximum Gasteiger partial charge on any atom is 0.338 e. The van der Waals surface area contributed by atoms with Crippen molar-refractivity contribution in [2.45, 2.75) is 19.6 Å². The van der Waals surface area contributed by atoms with E-state index in [9.17, 15) is 9.59 Å². The Morgan fingerprint density at radius 1 is 0.959 bits per heavy atom. The highest BCUT2D eigenvalue weighted by Gasteiger charge is 2.35. The van der Waals surface area contributed by atoms with E-state index >= 15 is 0 Å².